The molecule has 0 saturated carbocycles. The number of aliphatic hydroxyl groups excluding tert-OH is 2. The number of aromatic nitrogens is 2. The molecule has 7 heteroatoms. The van der Waals surface area contributed by atoms with Crippen LogP contribution < -0.4 is 11.4 Å². The van der Waals surface area contributed by atoms with Gasteiger partial charge in [0.15, 0.2) is 6.23 Å². The third-order valence-electron chi connectivity index (χ3n) is 2.25. The largest absolute Gasteiger partial charge is 0.388 e. The molecule has 1 aliphatic heterocycles. The lowest BCUT2D eigenvalue weighted by Gasteiger charge is -2.16. The van der Waals surface area contributed by atoms with Gasteiger partial charge in [-0.1, -0.05) is 0 Å². The number of rotatable bonds is 1. The van der Waals surface area contributed by atoms with Gasteiger partial charge in [-0.3, -0.25) is 4.57 Å². The van der Waals surface area contributed by atoms with Gasteiger partial charge in [0, 0.05) is 6.20 Å². The van der Waals surface area contributed by atoms with Gasteiger partial charge in [0.1, 0.15) is 18.0 Å². The van der Waals surface area contributed by atoms with E-state index >= 15 is 0 Å². The Hall–Kier alpha value is -1.44. The summed E-state index contributed by atoms with van der Waals surface area (Å²) in [7, 11) is 0. The molecule has 82 valence electrons. The first kappa shape index (κ1) is 10.1. The molecule has 1 saturated heterocycles. The van der Waals surface area contributed by atoms with E-state index in [1.54, 1.807) is 0 Å². The van der Waals surface area contributed by atoms with Crippen molar-refractivity contribution in [3.63, 3.8) is 0 Å². The van der Waals surface area contributed by atoms with E-state index in [0.29, 0.717) is 0 Å². The average Bonchev–Trinajstić information content (AvgIpc) is 2.49. The van der Waals surface area contributed by atoms with E-state index in [4.69, 9.17) is 10.5 Å². The van der Waals surface area contributed by atoms with Crippen LogP contribution in [0.1, 0.15) is 6.23 Å². The Bertz CT molecular complexity index is 419. The van der Waals surface area contributed by atoms with Gasteiger partial charge in [0.2, 0.25) is 0 Å². The Labute approximate surface area is 84.7 Å². The van der Waals surface area contributed by atoms with E-state index in [9.17, 15) is 15.0 Å². The smallest absolute Gasteiger partial charge is 0.351 e. The van der Waals surface area contributed by atoms with Gasteiger partial charge >= 0.3 is 5.69 Å². The molecule has 3 atom stereocenters. The fraction of sp³-hybridized carbons (Fsp3) is 0.500. The van der Waals surface area contributed by atoms with E-state index < -0.39 is 24.1 Å². The molecule has 4 N–H and O–H groups in total. The highest BCUT2D eigenvalue weighted by molar-refractivity contribution is 5.23. The number of nitrogens with zero attached hydrogens (tertiary/aromatic N) is 2. The Balaban J connectivity index is 2.34. The van der Waals surface area contributed by atoms with Gasteiger partial charge in [-0.15, -0.1) is 0 Å². The van der Waals surface area contributed by atoms with Crippen LogP contribution in [0, 0.1) is 0 Å². The first-order valence-electron chi connectivity index (χ1n) is 4.42. The van der Waals surface area contributed by atoms with Crippen LogP contribution in [-0.2, 0) is 4.74 Å². The zero-order valence-electron chi connectivity index (χ0n) is 7.78. The second-order valence-electron chi connectivity index (χ2n) is 3.32. The minimum Gasteiger partial charge on any atom is -0.388 e. The summed E-state index contributed by atoms with van der Waals surface area (Å²) in [4.78, 5) is 14.9. The Morgan fingerprint density at radius 1 is 1.60 bits per heavy atom. The van der Waals surface area contributed by atoms with Crippen LogP contribution in [0.5, 0.6) is 0 Å². The van der Waals surface area contributed by atoms with Crippen molar-refractivity contribution in [2.45, 2.75) is 18.4 Å². The SMILES string of the molecule is Nc1ccn([C@@H]2OC[C@@H](O)[C@H]2O)c(=O)n1. The first-order valence-corrected chi connectivity index (χ1v) is 4.42. The van der Waals surface area contributed by atoms with Gasteiger partial charge in [0.25, 0.3) is 0 Å². The topological polar surface area (TPSA) is 111 Å². The van der Waals surface area contributed by atoms with Gasteiger partial charge in [0.05, 0.1) is 6.61 Å². The molecule has 0 spiro atoms. The lowest BCUT2D eigenvalue weighted by Crippen LogP contribution is -2.34. The second kappa shape index (κ2) is 3.61. The van der Waals surface area contributed by atoms with Crippen LogP contribution >= 0.6 is 0 Å². The molecule has 2 rings (SSSR count). The van der Waals surface area contributed by atoms with Crippen molar-refractivity contribution in [2.24, 2.45) is 0 Å². The highest BCUT2D eigenvalue weighted by atomic mass is 16.5. The molecule has 0 amide bonds. The van der Waals surface area contributed by atoms with Crippen LogP contribution in [-0.4, -0.2) is 38.6 Å². The first-order chi connectivity index (χ1) is 7.09. The maximum absolute atomic E-state index is 11.4. The van der Waals surface area contributed by atoms with Crippen LogP contribution in [0.25, 0.3) is 0 Å². The molecule has 2 heterocycles. The summed E-state index contributed by atoms with van der Waals surface area (Å²) in [6.45, 7) is -0.0113. The van der Waals surface area contributed by atoms with Crippen molar-refractivity contribution in [3.8, 4) is 0 Å². The van der Waals surface area contributed by atoms with E-state index in [-0.39, 0.29) is 12.4 Å². The molecule has 0 aromatic carbocycles. The Morgan fingerprint density at radius 3 is 2.87 bits per heavy atom. The predicted molar refractivity (Wildman–Crippen MR) is 49.9 cm³/mol. The van der Waals surface area contributed by atoms with Crippen molar-refractivity contribution >= 4 is 5.82 Å². The maximum atomic E-state index is 11.4. The third kappa shape index (κ3) is 1.72. The van der Waals surface area contributed by atoms with E-state index in [0.717, 1.165) is 4.57 Å². The van der Waals surface area contributed by atoms with Crippen molar-refractivity contribution in [1.82, 2.24) is 9.55 Å². The van der Waals surface area contributed by atoms with Crippen LogP contribution in [0.15, 0.2) is 17.1 Å². The number of anilines is 1. The lowest BCUT2D eigenvalue weighted by molar-refractivity contribution is -0.0211. The van der Waals surface area contributed by atoms with E-state index in [1.165, 1.54) is 12.3 Å². The molecule has 0 radical (unpaired) electrons. The van der Waals surface area contributed by atoms with Crippen LogP contribution in [0.4, 0.5) is 5.82 Å². The maximum Gasteiger partial charge on any atom is 0.351 e. The Morgan fingerprint density at radius 2 is 2.33 bits per heavy atom. The number of ether oxygens (including phenoxy) is 1. The summed E-state index contributed by atoms with van der Waals surface area (Å²) in [5.74, 6) is 0.101. The van der Waals surface area contributed by atoms with Gasteiger partial charge in [-0.25, -0.2) is 4.79 Å². The second-order valence-corrected chi connectivity index (χ2v) is 3.32. The van der Waals surface area contributed by atoms with Crippen LogP contribution in [0.3, 0.4) is 0 Å². The normalized spacial score (nSPS) is 30.7. The van der Waals surface area contributed by atoms with E-state index in [1.807, 2.05) is 0 Å². The van der Waals surface area contributed by atoms with Crippen molar-refractivity contribution in [2.75, 3.05) is 12.3 Å². The average molecular weight is 213 g/mol. The lowest BCUT2D eigenvalue weighted by atomic mass is 10.2. The predicted octanol–water partition coefficient (Wildman–Crippen LogP) is -1.92. The molecular weight excluding hydrogens is 202 g/mol. The summed E-state index contributed by atoms with van der Waals surface area (Å²) in [5.41, 5.74) is 4.69. The van der Waals surface area contributed by atoms with Gasteiger partial charge < -0.3 is 20.7 Å². The molecule has 1 aromatic rings. The van der Waals surface area contributed by atoms with Gasteiger partial charge in [-0.2, -0.15) is 4.98 Å². The fourth-order valence-corrected chi connectivity index (χ4v) is 1.45. The monoisotopic (exact) mass is 213 g/mol. The number of hydrogen-bond acceptors (Lipinski definition) is 6. The summed E-state index contributed by atoms with van der Waals surface area (Å²) < 4.78 is 6.16. The highest BCUT2D eigenvalue weighted by Crippen LogP contribution is 2.22. The molecule has 0 aliphatic carbocycles. The summed E-state index contributed by atoms with van der Waals surface area (Å²) in [5, 5.41) is 18.8. The number of nitrogens with two attached hydrogens (primary N) is 1. The molecule has 0 bridgehead atoms. The third-order valence-corrected chi connectivity index (χ3v) is 2.25. The molecule has 15 heavy (non-hydrogen) atoms. The number of aliphatic hydroxyl groups is 2. The van der Waals surface area contributed by atoms with Gasteiger partial charge in [-0.05, 0) is 6.07 Å². The quantitative estimate of drug-likeness (QED) is 0.501. The molecule has 0 unspecified atom stereocenters. The number of nitrogen functional groups attached to an aromatic ring is 1. The number of hydrogen-bond donors (Lipinski definition) is 3. The van der Waals surface area contributed by atoms with Crippen molar-refractivity contribution < 1.29 is 14.9 Å². The minimum absolute atomic E-state index is 0.0113. The minimum atomic E-state index is -1.13. The summed E-state index contributed by atoms with van der Waals surface area (Å²) in [6.07, 6.45) is -1.65. The van der Waals surface area contributed by atoms with E-state index in [2.05, 4.69) is 4.98 Å². The molecule has 1 aromatic heterocycles. The summed E-state index contributed by atoms with van der Waals surface area (Å²) in [6, 6.07) is 1.42. The molecule has 1 fully saturated rings. The standard InChI is InChI=1S/C8H11N3O4/c9-5-1-2-11(8(14)10-5)7-6(13)4(12)3-15-7/h1-2,4,6-7,12-13H,3H2,(H2,9,10,14)/t4-,6-,7-/m1/s1. The van der Waals surface area contributed by atoms with Crippen molar-refractivity contribution in [1.29, 1.82) is 0 Å². The highest BCUT2D eigenvalue weighted by Gasteiger charge is 2.36. The molecular formula is C8H11N3O4. The Kier molecular flexibility index (Phi) is 2.43. The molecule has 1 aliphatic rings. The summed E-state index contributed by atoms with van der Waals surface area (Å²) >= 11 is 0. The zero-order valence-corrected chi connectivity index (χ0v) is 7.78. The fourth-order valence-electron chi connectivity index (χ4n) is 1.45. The van der Waals surface area contributed by atoms with Crippen molar-refractivity contribution in [3.05, 3.63) is 22.7 Å². The zero-order chi connectivity index (χ0) is 11.0. The van der Waals surface area contributed by atoms with Crippen LogP contribution in [0.2, 0.25) is 0 Å². The molecule has 7 nitrogen and oxygen atoms in total.